The number of nitrogens with zero attached hydrogens (tertiary/aromatic N) is 2. The topological polar surface area (TPSA) is 43.8 Å². The third-order valence-electron chi connectivity index (χ3n) is 3.03. The molecule has 0 saturated carbocycles. The molecule has 0 amide bonds. The van der Waals surface area contributed by atoms with Crippen LogP contribution in [0.25, 0.3) is 0 Å². The first-order chi connectivity index (χ1) is 8.90. The molecule has 1 aromatic carbocycles. The van der Waals surface area contributed by atoms with E-state index in [1.165, 1.54) is 0 Å². The quantitative estimate of drug-likeness (QED) is 0.831. The summed E-state index contributed by atoms with van der Waals surface area (Å²) in [5.74, 6) is 0. The fourth-order valence-corrected chi connectivity index (χ4v) is 3.15. The summed E-state index contributed by atoms with van der Waals surface area (Å²) in [6.07, 6.45) is 0.675. The van der Waals surface area contributed by atoms with Crippen molar-refractivity contribution in [2.24, 2.45) is 12.8 Å². The number of hydrogen-bond acceptors (Lipinski definition) is 2. The van der Waals surface area contributed by atoms with Crippen molar-refractivity contribution in [3.63, 3.8) is 0 Å². The highest BCUT2D eigenvalue weighted by Gasteiger charge is 2.17. The average Bonchev–Trinajstić information content (AvgIpc) is 2.59. The molecule has 102 valence electrons. The van der Waals surface area contributed by atoms with Gasteiger partial charge >= 0.3 is 0 Å². The zero-order valence-corrected chi connectivity index (χ0v) is 14.6. The molecule has 1 heterocycles. The van der Waals surface area contributed by atoms with Gasteiger partial charge in [-0.2, -0.15) is 5.10 Å². The highest BCUT2D eigenvalue weighted by molar-refractivity contribution is 9.10. The Morgan fingerprint density at radius 3 is 2.68 bits per heavy atom. The molecule has 0 radical (unpaired) electrons. The lowest BCUT2D eigenvalue weighted by atomic mass is 10.0. The van der Waals surface area contributed by atoms with E-state index >= 15 is 0 Å². The zero-order chi connectivity index (χ0) is 14.2. The van der Waals surface area contributed by atoms with Crippen molar-refractivity contribution in [2.45, 2.75) is 19.4 Å². The van der Waals surface area contributed by atoms with E-state index in [-0.39, 0.29) is 6.04 Å². The first-order valence-corrected chi connectivity index (χ1v) is 7.75. The van der Waals surface area contributed by atoms with Crippen LogP contribution in [0.5, 0.6) is 0 Å². The molecule has 3 nitrogen and oxygen atoms in total. The predicted octanol–water partition coefficient (Wildman–Crippen LogP) is 4.15. The Hall–Kier alpha value is -0.360. The maximum absolute atomic E-state index is 6.28. The third kappa shape index (κ3) is 3.21. The van der Waals surface area contributed by atoms with Crippen LogP contribution >= 0.6 is 43.5 Å². The second-order valence-electron chi connectivity index (χ2n) is 4.45. The van der Waals surface area contributed by atoms with Crippen LogP contribution in [0.2, 0.25) is 5.02 Å². The van der Waals surface area contributed by atoms with Crippen molar-refractivity contribution in [1.29, 1.82) is 0 Å². The molecule has 0 saturated heterocycles. The summed E-state index contributed by atoms with van der Waals surface area (Å²) >= 11 is 13.2. The number of halogens is 3. The van der Waals surface area contributed by atoms with Gasteiger partial charge in [0.2, 0.25) is 0 Å². The van der Waals surface area contributed by atoms with E-state index in [1.807, 2.05) is 36.9 Å². The molecule has 0 aliphatic heterocycles. The van der Waals surface area contributed by atoms with E-state index in [1.54, 1.807) is 0 Å². The fourth-order valence-electron chi connectivity index (χ4n) is 2.02. The van der Waals surface area contributed by atoms with E-state index in [0.717, 1.165) is 25.9 Å². The summed E-state index contributed by atoms with van der Waals surface area (Å²) in [6.45, 7) is 1.96. The van der Waals surface area contributed by atoms with E-state index in [0.29, 0.717) is 11.4 Å². The first-order valence-electron chi connectivity index (χ1n) is 5.78. The minimum atomic E-state index is -0.170. The maximum Gasteiger partial charge on any atom is 0.0738 e. The monoisotopic (exact) mass is 405 g/mol. The number of aryl methyl sites for hydroxylation is 2. The SMILES string of the molecule is Cc1nn(C)c(CC(N)c2cc(Br)ccc2Cl)c1Br. The van der Waals surface area contributed by atoms with Crippen molar-refractivity contribution in [2.75, 3.05) is 0 Å². The number of nitrogens with two attached hydrogens (primary N) is 1. The summed E-state index contributed by atoms with van der Waals surface area (Å²) in [7, 11) is 1.92. The van der Waals surface area contributed by atoms with Gasteiger partial charge in [0, 0.05) is 29.0 Å². The molecule has 1 atom stereocenters. The molecule has 0 aliphatic carbocycles. The number of aromatic nitrogens is 2. The standard InChI is InChI=1S/C13H14Br2ClN3/c1-7-13(15)12(19(2)18-7)6-11(17)9-5-8(14)3-4-10(9)16/h3-5,11H,6,17H2,1-2H3. The molecule has 19 heavy (non-hydrogen) atoms. The van der Waals surface area contributed by atoms with Crippen LogP contribution in [-0.4, -0.2) is 9.78 Å². The van der Waals surface area contributed by atoms with E-state index in [2.05, 4.69) is 37.0 Å². The number of hydrogen-bond donors (Lipinski definition) is 1. The van der Waals surface area contributed by atoms with Crippen molar-refractivity contribution in [3.05, 3.63) is 49.1 Å². The first kappa shape index (κ1) is 15.0. The van der Waals surface area contributed by atoms with Gasteiger partial charge in [-0.3, -0.25) is 4.68 Å². The number of benzene rings is 1. The Labute approximate surface area is 134 Å². The van der Waals surface area contributed by atoms with Gasteiger partial charge in [-0.05, 0) is 46.6 Å². The molecule has 2 aromatic rings. The normalized spacial score (nSPS) is 12.7. The fraction of sp³-hybridized carbons (Fsp3) is 0.308. The van der Waals surface area contributed by atoms with Crippen molar-refractivity contribution >= 4 is 43.5 Å². The van der Waals surface area contributed by atoms with E-state index < -0.39 is 0 Å². The molecule has 0 fully saturated rings. The molecule has 2 rings (SSSR count). The molecule has 1 aromatic heterocycles. The summed E-state index contributed by atoms with van der Waals surface area (Å²) in [4.78, 5) is 0. The molecule has 0 aliphatic rings. The van der Waals surface area contributed by atoms with E-state index in [9.17, 15) is 0 Å². The number of rotatable bonds is 3. The molecule has 1 unspecified atom stereocenters. The smallest absolute Gasteiger partial charge is 0.0738 e. The average molecular weight is 408 g/mol. The van der Waals surface area contributed by atoms with Gasteiger partial charge in [-0.1, -0.05) is 27.5 Å². The van der Waals surface area contributed by atoms with Gasteiger partial charge < -0.3 is 5.73 Å². The lowest BCUT2D eigenvalue weighted by Gasteiger charge is -2.14. The summed E-state index contributed by atoms with van der Waals surface area (Å²) in [6, 6.07) is 5.55. The Morgan fingerprint density at radius 1 is 1.42 bits per heavy atom. The van der Waals surface area contributed by atoms with Crippen molar-refractivity contribution < 1.29 is 0 Å². The largest absolute Gasteiger partial charge is 0.324 e. The van der Waals surface area contributed by atoms with Crippen LogP contribution in [0.1, 0.15) is 23.0 Å². The molecule has 2 N–H and O–H groups in total. The van der Waals surface area contributed by atoms with Crippen LogP contribution in [0.15, 0.2) is 27.1 Å². The van der Waals surface area contributed by atoms with Crippen molar-refractivity contribution in [3.8, 4) is 0 Å². The van der Waals surface area contributed by atoms with Crippen LogP contribution in [0.4, 0.5) is 0 Å². The molecular formula is C13H14Br2ClN3. The van der Waals surface area contributed by atoms with Gasteiger partial charge in [0.05, 0.1) is 15.9 Å². The van der Waals surface area contributed by atoms with Crippen LogP contribution < -0.4 is 5.73 Å². The summed E-state index contributed by atoms with van der Waals surface area (Å²) < 4.78 is 3.84. The minimum absolute atomic E-state index is 0.170. The highest BCUT2D eigenvalue weighted by atomic mass is 79.9. The van der Waals surface area contributed by atoms with Crippen LogP contribution in [-0.2, 0) is 13.5 Å². The summed E-state index contributed by atoms with van der Waals surface area (Å²) in [5.41, 5.74) is 9.24. The van der Waals surface area contributed by atoms with Gasteiger partial charge in [0.1, 0.15) is 0 Å². The molecule has 6 heteroatoms. The Balaban J connectivity index is 2.30. The van der Waals surface area contributed by atoms with Gasteiger partial charge in [-0.15, -0.1) is 0 Å². The minimum Gasteiger partial charge on any atom is -0.324 e. The molecule has 0 bridgehead atoms. The maximum atomic E-state index is 6.28. The van der Waals surface area contributed by atoms with Crippen LogP contribution in [0.3, 0.4) is 0 Å². The third-order valence-corrected chi connectivity index (χ3v) is 4.90. The summed E-state index contributed by atoms with van der Waals surface area (Å²) in [5, 5.41) is 5.06. The Kier molecular flexibility index (Phi) is 4.71. The molecular weight excluding hydrogens is 393 g/mol. The lowest BCUT2D eigenvalue weighted by molar-refractivity contribution is 0.638. The zero-order valence-electron chi connectivity index (χ0n) is 10.6. The van der Waals surface area contributed by atoms with Gasteiger partial charge in [0.25, 0.3) is 0 Å². The van der Waals surface area contributed by atoms with Crippen molar-refractivity contribution in [1.82, 2.24) is 9.78 Å². The lowest BCUT2D eigenvalue weighted by Crippen LogP contribution is -2.16. The second kappa shape index (κ2) is 5.95. The Bertz CT molecular complexity index is 610. The highest BCUT2D eigenvalue weighted by Crippen LogP contribution is 2.29. The van der Waals surface area contributed by atoms with Crippen LogP contribution in [0, 0.1) is 6.92 Å². The van der Waals surface area contributed by atoms with Gasteiger partial charge in [-0.25, -0.2) is 0 Å². The second-order valence-corrected chi connectivity index (χ2v) is 6.56. The molecule has 0 spiro atoms. The van der Waals surface area contributed by atoms with Gasteiger partial charge in [0.15, 0.2) is 0 Å². The van der Waals surface area contributed by atoms with E-state index in [4.69, 9.17) is 17.3 Å². The Morgan fingerprint density at radius 2 is 2.11 bits per heavy atom. The predicted molar refractivity (Wildman–Crippen MR) is 85.4 cm³/mol.